The average molecular weight is 374 g/mol. The number of hydrogen-bond donors (Lipinski definition) is 1. The lowest BCUT2D eigenvalue weighted by molar-refractivity contribution is -0.572. The maximum absolute atomic E-state index is 12.9. The largest absolute Gasteiger partial charge is 0.450 e. The number of sulfone groups is 1. The number of alkyl halides is 2. The van der Waals surface area contributed by atoms with Crippen molar-refractivity contribution >= 4 is 9.84 Å². The molecule has 0 amide bonds. The molecule has 1 N–H and O–H groups in total. The fraction of sp³-hybridized carbons (Fsp3) is 0.400. The van der Waals surface area contributed by atoms with E-state index in [0.29, 0.717) is 12.5 Å². The van der Waals surface area contributed by atoms with Crippen LogP contribution >= 0.6 is 0 Å². The van der Waals surface area contributed by atoms with Gasteiger partial charge in [-0.15, -0.1) is 5.10 Å². The number of aryl methyl sites for hydroxylation is 1. The first-order valence-corrected chi connectivity index (χ1v) is 9.05. The molecule has 2 heterocycles. The van der Waals surface area contributed by atoms with Gasteiger partial charge in [0.2, 0.25) is 4.54 Å². The molecular weight excluding hydrogens is 356 g/mol. The van der Waals surface area contributed by atoms with Crippen LogP contribution in [-0.2, 0) is 9.84 Å². The maximum Gasteiger partial charge on any atom is 0.450 e. The van der Waals surface area contributed by atoms with Crippen molar-refractivity contribution in [3.05, 3.63) is 34.9 Å². The lowest BCUT2D eigenvalue weighted by Gasteiger charge is -2.10. The summed E-state index contributed by atoms with van der Waals surface area (Å²) < 4.78 is 55.2. The van der Waals surface area contributed by atoms with Gasteiger partial charge in [-0.1, -0.05) is 6.92 Å². The first-order chi connectivity index (χ1) is 11.5. The van der Waals surface area contributed by atoms with E-state index in [-0.39, 0.29) is 32.5 Å². The fourth-order valence-corrected chi connectivity index (χ4v) is 3.13. The van der Waals surface area contributed by atoms with Gasteiger partial charge >= 0.3 is 5.88 Å². The summed E-state index contributed by atoms with van der Waals surface area (Å²) >= 11 is 0. The number of rotatable bonds is 6. The van der Waals surface area contributed by atoms with Crippen LogP contribution in [0.5, 0.6) is 5.88 Å². The Hall–Kier alpha value is -2.36. The monoisotopic (exact) mass is 374 g/mol. The van der Waals surface area contributed by atoms with Gasteiger partial charge in [0.25, 0.3) is 5.92 Å². The van der Waals surface area contributed by atoms with Crippen molar-refractivity contribution in [1.82, 2.24) is 10.1 Å². The summed E-state index contributed by atoms with van der Waals surface area (Å²) in [7, 11) is -3.57. The summed E-state index contributed by atoms with van der Waals surface area (Å²) in [5.41, 5.74) is 0.671. The number of hydrogen-bond acceptors (Lipinski definition) is 5. The van der Waals surface area contributed by atoms with E-state index in [9.17, 15) is 22.1 Å². The van der Waals surface area contributed by atoms with Crippen molar-refractivity contribution < 1.29 is 26.5 Å². The van der Waals surface area contributed by atoms with Crippen LogP contribution in [0.4, 0.5) is 8.78 Å². The Kier molecular flexibility index (Phi) is 5.21. The molecule has 2 aromatic rings. The molecule has 0 spiro atoms. The van der Waals surface area contributed by atoms with Crippen molar-refractivity contribution in [3.8, 4) is 17.3 Å². The van der Waals surface area contributed by atoms with Crippen molar-refractivity contribution in [1.29, 1.82) is 0 Å². The van der Waals surface area contributed by atoms with Crippen LogP contribution in [0.25, 0.3) is 11.4 Å². The van der Waals surface area contributed by atoms with E-state index < -0.39 is 22.4 Å². The van der Waals surface area contributed by atoms with Crippen LogP contribution in [0, 0.1) is 11.8 Å². The molecule has 2 aromatic heterocycles. The van der Waals surface area contributed by atoms with E-state index >= 15 is 0 Å². The van der Waals surface area contributed by atoms with E-state index in [2.05, 4.69) is 10.1 Å². The highest BCUT2D eigenvalue weighted by Gasteiger charge is 2.27. The van der Waals surface area contributed by atoms with Crippen molar-refractivity contribution in [2.24, 2.45) is 0 Å². The molecule has 0 saturated carbocycles. The minimum Gasteiger partial charge on any atom is -0.433 e. The van der Waals surface area contributed by atoms with Crippen molar-refractivity contribution in [2.75, 3.05) is 12.4 Å². The number of aromatic amines is 1. The molecule has 0 unspecified atom stereocenters. The maximum atomic E-state index is 12.9. The molecule has 10 heteroatoms. The Balaban J connectivity index is 2.53. The first kappa shape index (κ1) is 19.0. The van der Waals surface area contributed by atoms with E-state index in [0.717, 1.165) is 0 Å². The van der Waals surface area contributed by atoms with Gasteiger partial charge in [-0.3, -0.25) is 4.98 Å². The molecule has 7 nitrogen and oxygen atoms in total. The summed E-state index contributed by atoms with van der Waals surface area (Å²) in [6, 6.07) is 4.13. The third-order valence-electron chi connectivity index (χ3n) is 3.34. The Morgan fingerprint density at radius 1 is 1.40 bits per heavy atom. The topological polar surface area (TPSA) is 95.0 Å². The summed E-state index contributed by atoms with van der Waals surface area (Å²) in [4.78, 5) is 16.1. The molecule has 0 aliphatic heterocycles. The Morgan fingerprint density at radius 3 is 2.68 bits per heavy atom. The standard InChI is InChI=1S/C15H18F2N3O4S/c1-4-25(22,23)11-6-5-7-18-14(11)13-10(2)8-12(20(21)19-13)24-9-15(3,16)17/h5-8H,4,9H2,1-3H3,(H,19,21)/q+1. The fourth-order valence-electron chi connectivity index (χ4n) is 2.09. The van der Waals surface area contributed by atoms with Crippen molar-refractivity contribution in [3.63, 3.8) is 0 Å². The summed E-state index contributed by atoms with van der Waals surface area (Å²) in [5, 5.41) is 2.40. The second-order valence-electron chi connectivity index (χ2n) is 5.56. The quantitative estimate of drug-likeness (QED) is 0.782. The van der Waals surface area contributed by atoms with Crippen LogP contribution in [-0.4, -0.2) is 36.8 Å². The van der Waals surface area contributed by atoms with E-state index in [4.69, 9.17) is 4.74 Å². The molecular formula is C15H18F2N3O4S+. The number of ether oxygens (including phenoxy) is 1. The molecule has 2 rings (SSSR count). The van der Waals surface area contributed by atoms with Gasteiger partial charge in [0.15, 0.2) is 16.4 Å². The highest BCUT2D eigenvalue weighted by Crippen LogP contribution is 2.27. The smallest absolute Gasteiger partial charge is 0.433 e. The molecule has 136 valence electrons. The second-order valence-corrected chi connectivity index (χ2v) is 7.81. The molecule has 0 fully saturated rings. The normalized spacial score (nSPS) is 12.2. The molecule has 0 saturated heterocycles. The highest BCUT2D eigenvalue weighted by atomic mass is 32.2. The third-order valence-corrected chi connectivity index (χ3v) is 5.10. The zero-order valence-corrected chi connectivity index (χ0v) is 14.7. The first-order valence-electron chi connectivity index (χ1n) is 7.40. The van der Waals surface area contributed by atoms with E-state index in [1.807, 2.05) is 0 Å². The lowest BCUT2D eigenvalue weighted by Crippen LogP contribution is -2.29. The number of nitrogens with zero attached hydrogens (tertiary/aromatic N) is 2. The Morgan fingerprint density at radius 2 is 2.08 bits per heavy atom. The predicted molar refractivity (Wildman–Crippen MR) is 86.0 cm³/mol. The summed E-state index contributed by atoms with van der Waals surface area (Å²) in [5.74, 6) is -3.57. The molecule has 0 radical (unpaired) electrons. The number of halogens is 2. The lowest BCUT2D eigenvalue weighted by atomic mass is 10.1. The zero-order valence-electron chi connectivity index (χ0n) is 13.9. The number of pyridine rings is 1. The van der Waals surface area contributed by atoms with Crippen LogP contribution in [0.3, 0.4) is 0 Å². The van der Waals surface area contributed by atoms with Gasteiger partial charge < -0.3 is 4.74 Å². The number of H-pyrrole nitrogens is 1. The summed E-state index contributed by atoms with van der Waals surface area (Å²) in [6.45, 7) is 2.79. The molecule has 0 bridgehead atoms. The molecule has 25 heavy (non-hydrogen) atoms. The summed E-state index contributed by atoms with van der Waals surface area (Å²) in [6.07, 6.45) is 1.40. The highest BCUT2D eigenvalue weighted by molar-refractivity contribution is 7.91. The molecule has 0 aromatic carbocycles. The molecule has 0 atom stereocenters. The molecule has 0 aliphatic carbocycles. The molecule has 0 aliphatic rings. The predicted octanol–water partition coefficient (Wildman–Crippen LogP) is 2.13. The van der Waals surface area contributed by atoms with E-state index in [1.54, 1.807) is 6.92 Å². The third kappa shape index (κ3) is 4.38. The van der Waals surface area contributed by atoms with Crippen LogP contribution in [0.1, 0.15) is 19.4 Å². The van der Waals surface area contributed by atoms with E-state index in [1.165, 1.54) is 31.3 Å². The van der Waals surface area contributed by atoms with Crippen LogP contribution in [0.2, 0.25) is 0 Å². The van der Waals surface area contributed by atoms with Gasteiger partial charge in [-0.2, -0.15) is 0 Å². The van der Waals surface area contributed by atoms with Gasteiger partial charge in [0.05, 0.1) is 21.6 Å². The van der Waals surface area contributed by atoms with Gasteiger partial charge in [-0.05, 0) is 24.6 Å². The van der Waals surface area contributed by atoms with Gasteiger partial charge in [0, 0.05) is 13.1 Å². The van der Waals surface area contributed by atoms with Crippen LogP contribution < -0.4 is 9.28 Å². The zero-order chi connectivity index (χ0) is 18.8. The average Bonchev–Trinajstić information content (AvgIpc) is 2.54. The Bertz CT molecular complexity index is 937. The number of nitrogens with one attached hydrogen (secondary N) is 1. The van der Waals surface area contributed by atoms with Crippen LogP contribution in [0.15, 0.2) is 29.3 Å². The number of aromatic nitrogens is 3. The van der Waals surface area contributed by atoms with Gasteiger partial charge in [0.1, 0.15) is 11.4 Å². The minimum absolute atomic E-state index is 0.0226. The minimum atomic E-state index is -3.57. The second kappa shape index (κ2) is 6.87. The van der Waals surface area contributed by atoms with Crippen molar-refractivity contribution in [2.45, 2.75) is 31.6 Å². The SMILES string of the molecule is CCS(=O)(=O)c1cccnc1-c1[nH][n+](=O)c(OCC(C)(F)F)cc1C. The van der Waals surface area contributed by atoms with Gasteiger partial charge in [-0.25, -0.2) is 17.2 Å². The Labute approximate surface area is 143 Å².